The molecule has 0 aromatic carbocycles. The van der Waals surface area contributed by atoms with Gasteiger partial charge in [0.15, 0.2) is 0 Å². The van der Waals surface area contributed by atoms with Gasteiger partial charge in [-0.2, -0.15) is 4.31 Å². The van der Waals surface area contributed by atoms with E-state index in [1.165, 1.54) is 17.7 Å². The first-order valence-corrected chi connectivity index (χ1v) is 9.24. The normalized spacial score (nSPS) is 16.3. The van der Waals surface area contributed by atoms with Crippen LogP contribution < -0.4 is 5.56 Å². The number of rotatable bonds is 6. The van der Waals surface area contributed by atoms with Crippen molar-refractivity contribution >= 4 is 15.9 Å². The van der Waals surface area contributed by atoms with Crippen molar-refractivity contribution in [3.63, 3.8) is 0 Å². The van der Waals surface area contributed by atoms with E-state index in [0.717, 1.165) is 0 Å². The number of aromatic amines is 1. The molecule has 0 spiro atoms. The number of carbonyl (C=O) groups excluding carboxylic acids is 1. The summed E-state index contributed by atoms with van der Waals surface area (Å²) in [5.74, 6) is -0.224. The maximum atomic E-state index is 12.3. The van der Waals surface area contributed by atoms with E-state index >= 15 is 0 Å². The summed E-state index contributed by atoms with van der Waals surface area (Å²) in [5.41, 5.74) is 0.604. The Morgan fingerprint density at radius 2 is 2.00 bits per heavy atom. The minimum Gasteiger partial charge on any atom is -0.384 e. The maximum absolute atomic E-state index is 12.3. The van der Waals surface area contributed by atoms with Crippen molar-refractivity contribution in [3.05, 3.63) is 27.9 Å². The molecule has 24 heavy (non-hydrogen) atoms. The minimum atomic E-state index is -3.35. The number of hydrogen-bond donors (Lipinski definition) is 1. The van der Waals surface area contributed by atoms with Crippen molar-refractivity contribution in [1.82, 2.24) is 19.2 Å². The van der Waals surface area contributed by atoms with Crippen molar-refractivity contribution in [2.75, 3.05) is 45.6 Å². The van der Waals surface area contributed by atoms with Crippen LogP contribution in [0.2, 0.25) is 0 Å². The lowest BCUT2D eigenvalue weighted by molar-refractivity contribution is -0.131. The van der Waals surface area contributed by atoms with E-state index in [-0.39, 0.29) is 43.3 Å². The van der Waals surface area contributed by atoms with E-state index in [1.54, 1.807) is 11.8 Å². The fourth-order valence-electron chi connectivity index (χ4n) is 2.47. The molecule has 0 saturated carbocycles. The molecule has 9 nitrogen and oxygen atoms in total. The highest BCUT2D eigenvalue weighted by Gasteiger charge is 2.28. The molecule has 1 aliphatic rings. The summed E-state index contributed by atoms with van der Waals surface area (Å²) in [6, 6.07) is 0. The van der Waals surface area contributed by atoms with Crippen LogP contribution in [0.4, 0.5) is 0 Å². The number of piperazine rings is 1. The van der Waals surface area contributed by atoms with Gasteiger partial charge in [0.2, 0.25) is 15.9 Å². The van der Waals surface area contributed by atoms with Crippen molar-refractivity contribution in [2.24, 2.45) is 0 Å². The molecule has 1 aromatic rings. The second-order valence-electron chi connectivity index (χ2n) is 5.57. The highest BCUT2D eigenvalue weighted by Crippen LogP contribution is 2.10. The van der Waals surface area contributed by atoms with Gasteiger partial charge in [0.1, 0.15) is 0 Å². The second kappa shape index (κ2) is 7.86. The van der Waals surface area contributed by atoms with E-state index in [9.17, 15) is 18.0 Å². The molecular formula is C14H22N4O5S. The topological polar surface area (TPSA) is 113 Å². The molecule has 2 rings (SSSR count). The van der Waals surface area contributed by atoms with Gasteiger partial charge in [-0.3, -0.25) is 9.59 Å². The number of nitrogens with zero attached hydrogens (tertiary/aromatic N) is 3. The maximum Gasteiger partial charge on any atom is 0.253 e. The smallest absolute Gasteiger partial charge is 0.253 e. The number of aromatic nitrogens is 2. The predicted molar refractivity (Wildman–Crippen MR) is 87.1 cm³/mol. The van der Waals surface area contributed by atoms with E-state index in [1.807, 2.05) is 0 Å². The third kappa shape index (κ3) is 4.40. The zero-order chi connectivity index (χ0) is 17.7. The number of H-pyrrole nitrogens is 1. The van der Waals surface area contributed by atoms with Gasteiger partial charge in [0.05, 0.1) is 30.8 Å². The van der Waals surface area contributed by atoms with Crippen LogP contribution in [0.5, 0.6) is 0 Å². The second-order valence-corrected chi connectivity index (χ2v) is 7.66. The average Bonchev–Trinajstić information content (AvgIpc) is 2.57. The lowest BCUT2D eigenvalue weighted by Crippen LogP contribution is -2.51. The van der Waals surface area contributed by atoms with Crippen LogP contribution in [0, 0.1) is 6.92 Å². The summed E-state index contributed by atoms with van der Waals surface area (Å²) in [5, 5.41) is 0. The average molecular weight is 358 g/mol. The summed E-state index contributed by atoms with van der Waals surface area (Å²) in [4.78, 5) is 32.0. The van der Waals surface area contributed by atoms with Crippen LogP contribution in [0.3, 0.4) is 0 Å². The quantitative estimate of drug-likeness (QED) is 0.679. The molecule has 10 heteroatoms. The molecule has 1 saturated heterocycles. The van der Waals surface area contributed by atoms with Gasteiger partial charge in [0.25, 0.3) is 5.56 Å². The summed E-state index contributed by atoms with van der Waals surface area (Å²) < 4.78 is 30.4. The molecule has 0 aliphatic carbocycles. The third-order valence-corrected chi connectivity index (χ3v) is 5.87. The van der Waals surface area contributed by atoms with Gasteiger partial charge in [0, 0.05) is 38.9 Å². The van der Waals surface area contributed by atoms with E-state index in [2.05, 4.69) is 9.97 Å². The Morgan fingerprint density at radius 3 is 2.62 bits per heavy atom. The van der Waals surface area contributed by atoms with Gasteiger partial charge in [-0.25, -0.2) is 13.4 Å². The molecule has 1 fully saturated rings. The number of hydrogen-bond acceptors (Lipinski definition) is 6. The number of sulfonamides is 1. The highest BCUT2D eigenvalue weighted by molar-refractivity contribution is 7.89. The Morgan fingerprint density at radius 1 is 1.33 bits per heavy atom. The van der Waals surface area contributed by atoms with Gasteiger partial charge in [-0.1, -0.05) is 0 Å². The van der Waals surface area contributed by atoms with E-state index < -0.39 is 10.0 Å². The van der Waals surface area contributed by atoms with Crippen LogP contribution in [0.1, 0.15) is 11.3 Å². The first-order valence-electron chi connectivity index (χ1n) is 7.63. The standard InChI is InChI=1S/C14H22N4O5S/c1-11-12(15-10-16-14(11)20)9-13(19)17-3-5-18(6-4-17)24(21,22)8-7-23-2/h10H,3-9H2,1-2H3,(H,15,16,20). The lowest BCUT2D eigenvalue weighted by atomic mass is 10.1. The minimum absolute atomic E-state index is 0.0339. The Labute approximate surface area is 140 Å². The fourth-order valence-corrected chi connectivity index (χ4v) is 3.83. The molecule has 1 aromatic heterocycles. The summed E-state index contributed by atoms with van der Waals surface area (Å²) >= 11 is 0. The third-order valence-electron chi connectivity index (χ3n) is 4.04. The highest BCUT2D eigenvalue weighted by atomic mass is 32.2. The largest absolute Gasteiger partial charge is 0.384 e. The van der Waals surface area contributed by atoms with Crippen LogP contribution in [0.15, 0.2) is 11.1 Å². The number of amides is 1. The van der Waals surface area contributed by atoms with Crippen molar-refractivity contribution < 1.29 is 17.9 Å². The first-order chi connectivity index (χ1) is 11.3. The van der Waals surface area contributed by atoms with Gasteiger partial charge >= 0.3 is 0 Å². The first kappa shape index (κ1) is 18.6. The van der Waals surface area contributed by atoms with E-state index in [4.69, 9.17) is 4.74 Å². The summed E-state index contributed by atoms with van der Waals surface area (Å²) in [6.45, 7) is 2.95. The zero-order valence-corrected chi connectivity index (χ0v) is 14.6. The number of nitrogens with one attached hydrogen (secondary N) is 1. The number of carbonyl (C=O) groups is 1. The number of ether oxygens (including phenoxy) is 1. The van der Waals surface area contributed by atoms with Gasteiger partial charge in [-0.15, -0.1) is 0 Å². The van der Waals surface area contributed by atoms with E-state index in [0.29, 0.717) is 24.3 Å². The monoisotopic (exact) mass is 358 g/mol. The van der Waals surface area contributed by atoms with Crippen LogP contribution in [0.25, 0.3) is 0 Å². The Bertz CT molecular complexity index is 738. The Hall–Kier alpha value is -1.78. The molecule has 0 bridgehead atoms. The molecule has 0 radical (unpaired) electrons. The molecule has 0 unspecified atom stereocenters. The van der Waals surface area contributed by atoms with Crippen LogP contribution in [-0.2, 0) is 26.0 Å². The Balaban J connectivity index is 1.93. The molecule has 1 amide bonds. The zero-order valence-electron chi connectivity index (χ0n) is 13.8. The molecule has 2 heterocycles. The molecular weight excluding hydrogens is 336 g/mol. The number of methoxy groups -OCH3 is 1. The summed E-state index contributed by atoms with van der Waals surface area (Å²) in [6.07, 6.45) is 1.31. The van der Waals surface area contributed by atoms with Crippen LogP contribution in [-0.4, -0.2) is 79.1 Å². The van der Waals surface area contributed by atoms with Crippen molar-refractivity contribution in [1.29, 1.82) is 0 Å². The molecule has 134 valence electrons. The van der Waals surface area contributed by atoms with Crippen molar-refractivity contribution in [3.8, 4) is 0 Å². The van der Waals surface area contributed by atoms with Gasteiger partial charge < -0.3 is 14.6 Å². The van der Waals surface area contributed by atoms with Crippen LogP contribution >= 0.6 is 0 Å². The Kier molecular flexibility index (Phi) is 6.08. The lowest BCUT2D eigenvalue weighted by Gasteiger charge is -2.34. The predicted octanol–water partition coefficient (Wildman–Crippen LogP) is -1.26. The summed E-state index contributed by atoms with van der Waals surface area (Å²) in [7, 11) is -1.90. The molecule has 1 N–H and O–H groups in total. The molecule has 1 aliphatic heterocycles. The SMILES string of the molecule is COCCS(=O)(=O)N1CCN(C(=O)Cc2nc[nH]c(=O)c2C)CC1. The molecule has 0 atom stereocenters. The fraction of sp³-hybridized carbons (Fsp3) is 0.643. The van der Waals surface area contributed by atoms with Gasteiger partial charge in [-0.05, 0) is 6.92 Å². The van der Waals surface area contributed by atoms with Crippen molar-refractivity contribution in [2.45, 2.75) is 13.3 Å².